The molecule has 1 heterocycles. The van der Waals surface area contributed by atoms with E-state index in [4.69, 9.17) is 4.98 Å². The van der Waals surface area contributed by atoms with Gasteiger partial charge in [-0.3, -0.25) is 0 Å². The van der Waals surface area contributed by atoms with Crippen molar-refractivity contribution in [3.63, 3.8) is 0 Å². The predicted molar refractivity (Wildman–Crippen MR) is 178 cm³/mol. The molecule has 5 aromatic rings. The molecule has 3 heteroatoms. The molecule has 0 aliphatic carbocycles. The molecule has 40 heavy (non-hydrogen) atoms. The number of pyridine rings is 1. The zero-order chi connectivity index (χ0) is 28.2. The molecule has 0 atom stereocenters. The normalized spacial score (nSPS) is 12.1. The van der Waals surface area contributed by atoms with E-state index in [0.717, 1.165) is 11.4 Å². The standard InChI is InChI=1S/C37H35NP2/c1-24-20-26(3)34(27(4)21-24)39-36(30-14-9-7-10-15-30)32-18-13-19-33(38-32)37(31-16-11-8-12-17-31)40-35-28(5)22-25(2)23-29(35)6/h7-23H,1-6H3. The maximum Gasteiger partial charge on any atom is 0.0761 e. The van der Waals surface area contributed by atoms with E-state index in [9.17, 15) is 0 Å². The van der Waals surface area contributed by atoms with E-state index in [0.29, 0.717) is 0 Å². The van der Waals surface area contributed by atoms with E-state index in [-0.39, 0.29) is 0 Å². The maximum atomic E-state index is 5.38. The van der Waals surface area contributed by atoms with E-state index in [2.05, 4.69) is 145 Å². The fourth-order valence-electron chi connectivity index (χ4n) is 5.35. The van der Waals surface area contributed by atoms with Crippen molar-refractivity contribution in [3.8, 4) is 0 Å². The first-order chi connectivity index (χ1) is 19.3. The van der Waals surface area contributed by atoms with Crippen LogP contribution in [-0.4, -0.2) is 15.6 Å². The van der Waals surface area contributed by atoms with Crippen molar-refractivity contribution >= 4 is 37.6 Å². The van der Waals surface area contributed by atoms with Gasteiger partial charge in [-0.15, -0.1) is 0 Å². The van der Waals surface area contributed by atoms with Gasteiger partial charge in [0.1, 0.15) is 0 Å². The summed E-state index contributed by atoms with van der Waals surface area (Å²) in [5, 5.41) is 5.16. The third-order valence-electron chi connectivity index (χ3n) is 7.05. The van der Waals surface area contributed by atoms with Gasteiger partial charge in [0.2, 0.25) is 0 Å². The molecule has 0 radical (unpaired) electrons. The van der Waals surface area contributed by atoms with Crippen molar-refractivity contribution < 1.29 is 0 Å². The summed E-state index contributed by atoms with van der Waals surface area (Å²) < 4.78 is 0. The molecule has 0 aliphatic rings. The van der Waals surface area contributed by atoms with Gasteiger partial charge >= 0.3 is 0 Å². The number of nitrogens with zero attached hydrogens (tertiary/aromatic N) is 1. The van der Waals surface area contributed by atoms with Crippen LogP contribution in [0.3, 0.4) is 0 Å². The van der Waals surface area contributed by atoms with Crippen molar-refractivity contribution in [2.24, 2.45) is 0 Å². The quantitative estimate of drug-likeness (QED) is 0.191. The van der Waals surface area contributed by atoms with Crippen molar-refractivity contribution in [1.82, 2.24) is 4.98 Å². The van der Waals surface area contributed by atoms with Gasteiger partial charge in [0.25, 0.3) is 0 Å². The lowest BCUT2D eigenvalue weighted by Crippen LogP contribution is -2.13. The first kappa shape index (κ1) is 27.9. The van der Waals surface area contributed by atoms with Gasteiger partial charge in [-0.05, 0) is 87.1 Å². The molecule has 198 valence electrons. The third-order valence-corrected chi connectivity index (χ3v) is 10.3. The summed E-state index contributed by atoms with van der Waals surface area (Å²) in [5.41, 5.74) is 12.4. The molecule has 0 saturated carbocycles. The lowest BCUT2D eigenvalue weighted by molar-refractivity contribution is 1.27. The fourth-order valence-corrected chi connectivity index (χ4v) is 7.80. The monoisotopic (exact) mass is 555 g/mol. The van der Waals surface area contributed by atoms with Gasteiger partial charge in [-0.2, -0.15) is 0 Å². The molecule has 0 unspecified atom stereocenters. The number of aromatic nitrogens is 1. The lowest BCUT2D eigenvalue weighted by atomic mass is 10.1. The first-order valence-electron chi connectivity index (χ1n) is 13.7. The van der Waals surface area contributed by atoms with Crippen LogP contribution in [0.5, 0.6) is 0 Å². The second-order valence-corrected chi connectivity index (χ2v) is 12.8. The van der Waals surface area contributed by atoms with Gasteiger partial charge in [0.05, 0.1) is 11.4 Å². The summed E-state index contributed by atoms with van der Waals surface area (Å²) in [6, 6.07) is 37.1. The molecule has 0 aliphatic heterocycles. The number of benzene rings is 4. The minimum Gasteiger partial charge on any atom is -0.247 e. The zero-order valence-corrected chi connectivity index (χ0v) is 25.9. The largest absolute Gasteiger partial charge is 0.247 e. The number of hydrogen-bond donors (Lipinski definition) is 0. The van der Waals surface area contributed by atoms with E-state index in [1.54, 1.807) is 0 Å². The van der Waals surface area contributed by atoms with Crippen LogP contribution in [0.2, 0.25) is 0 Å². The molecule has 0 amide bonds. The second kappa shape index (κ2) is 12.3. The molecular weight excluding hydrogens is 520 g/mol. The number of aryl methyl sites for hydroxylation is 6. The minimum absolute atomic E-state index is 1.02. The van der Waals surface area contributed by atoms with Gasteiger partial charge < -0.3 is 0 Å². The highest BCUT2D eigenvalue weighted by atomic mass is 31.1. The molecule has 0 bridgehead atoms. The Labute approximate surface area is 242 Å². The van der Waals surface area contributed by atoms with Crippen LogP contribution in [0.1, 0.15) is 55.9 Å². The Balaban J connectivity index is 1.72. The third kappa shape index (κ3) is 6.23. The van der Waals surface area contributed by atoms with Crippen LogP contribution < -0.4 is 10.6 Å². The van der Waals surface area contributed by atoms with Crippen molar-refractivity contribution in [2.45, 2.75) is 41.5 Å². The van der Waals surface area contributed by atoms with E-state index in [1.807, 2.05) is 0 Å². The maximum absolute atomic E-state index is 5.38. The molecular formula is C37H35NP2. The van der Waals surface area contributed by atoms with Crippen molar-refractivity contribution in [1.29, 1.82) is 0 Å². The Morgan fingerprint density at radius 1 is 0.450 bits per heavy atom. The Morgan fingerprint density at radius 3 is 1.15 bits per heavy atom. The molecule has 0 spiro atoms. The van der Waals surface area contributed by atoms with Gasteiger partial charge in [0, 0.05) is 21.2 Å². The summed E-state index contributed by atoms with van der Waals surface area (Å²) >= 11 is 0. The van der Waals surface area contributed by atoms with Crippen LogP contribution in [0.25, 0.3) is 0 Å². The lowest BCUT2D eigenvalue weighted by Gasteiger charge is -2.14. The summed E-state index contributed by atoms with van der Waals surface area (Å²) in [4.78, 5) is 5.38. The molecule has 1 aromatic heterocycles. The number of hydrogen-bond acceptors (Lipinski definition) is 1. The predicted octanol–water partition coefficient (Wildman–Crippen LogP) is 8.61. The van der Waals surface area contributed by atoms with E-state index in [1.165, 1.54) is 82.1 Å². The van der Waals surface area contributed by atoms with Crippen LogP contribution in [-0.2, 0) is 0 Å². The summed E-state index contributed by atoms with van der Waals surface area (Å²) in [7, 11) is 2.34. The van der Waals surface area contributed by atoms with Gasteiger partial charge in [-0.25, -0.2) is 4.98 Å². The van der Waals surface area contributed by atoms with Crippen LogP contribution in [0, 0.1) is 41.5 Å². The summed E-state index contributed by atoms with van der Waals surface area (Å²) in [6.45, 7) is 13.2. The molecule has 0 N–H and O–H groups in total. The van der Waals surface area contributed by atoms with Gasteiger partial charge in [0.15, 0.2) is 0 Å². The SMILES string of the molecule is Cc1cc(C)c(P=C(c2ccccc2)c2cccc(C(=Pc3c(C)cc(C)cc3C)c3ccccc3)n2)c(C)c1. The van der Waals surface area contributed by atoms with Crippen molar-refractivity contribution in [3.05, 3.63) is 159 Å². The molecule has 0 fully saturated rings. The Morgan fingerprint density at radius 2 is 0.800 bits per heavy atom. The highest BCUT2D eigenvalue weighted by Crippen LogP contribution is 2.24. The molecule has 0 saturated heterocycles. The summed E-state index contributed by atoms with van der Waals surface area (Å²) in [5.74, 6) is 0. The molecule has 4 aromatic carbocycles. The Kier molecular flexibility index (Phi) is 8.56. The highest BCUT2D eigenvalue weighted by molar-refractivity contribution is 7.51. The van der Waals surface area contributed by atoms with Crippen LogP contribution in [0.15, 0.2) is 103 Å². The van der Waals surface area contributed by atoms with E-state index >= 15 is 0 Å². The second-order valence-electron chi connectivity index (χ2n) is 10.6. The molecule has 5 rings (SSSR count). The smallest absolute Gasteiger partial charge is 0.0761 e. The Bertz CT molecular complexity index is 1560. The van der Waals surface area contributed by atoms with Crippen LogP contribution >= 0.6 is 16.4 Å². The minimum atomic E-state index is 1.02. The van der Waals surface area contributed by atoms with Crippen LogP contribution in [0.4, 0.5) is 0 Å². The summed E-state index contributed by atoms with van der Waals surface area (Å²) in [6.07, 6.45) is 0. The number of rotatable bonds is 6. The average molecular weight is 556 g/mol. The van der Waals surface area contributed by atoms with Gasteiger partial charge in [-0.1, -0.05) is 119 Å². The zero-order valence-electron chi connectivity index (χ0n) is 24.2. The highest BCUT2D eigenvalue weighted by Gasteiger charge is 2.15. The molecule has 1 nitrogen and oxygen atoms in total. The fraction of sp³-hybridized carbons (Fsp3) is 0.162. The Hall–Kier alpha value is -3.63. The van der Waals surface area contributed by atoms with E-state index < -0.39 is 0 Å². The van der Waals surface area contributed by atoms with Crippen molar-refractivity contribution in [2.75, 3.05) is 0 Å². The first-order valence-corrected chi connectivity index (χ1v) is 15.5. The average Bonchev–Trinajstić information content (AvgIpc) is 2.93. The topological polar surface area (TPSA) is 12.9 Å².